The predicted molar refractivity (Wildman–Crippen MR) is 135 cm³/mol. The molecule has 0 spiro atoms. The average Bonchev–Trinajstić information content (AvgIpc) is 3.26. The van der Waals surface area contributed by atoms with Crippen LogP contribution in [0.25, 0.3) is 44.0 Å². The lowest BCUT2D eigenvalue weighted by Crippen LogP contribution is -2.12. The Morgan fingerprint density at radius 2 is 1.97 bits per heavy atom. The number of nitriles is 1. The van der Waals surface area contributed by atoms with Crippen molar-refractivity contribution in [2.24, 2.45) is 0 Å². The monoisotopic (exact) mass is 504 g/mol. The molecule has 0 fully saturated rings. The summed E-state index contributed by atoms with van der Waals surface area (Å²) in [6.07, 6.45) is 4.10. The number of methoxy groups -OCH3 is 1. The Morgan fingerprint density at radius 3 is 2.67 bits per heavy atom. The number of hydrogen-bond acceptors (Lipinski definition) is 6. The maximum absolute atomic E-state index is 13.7. The van der Waals surface area contributed by atoms with E-state index in [1.54, 1.807) is 30.3 Å². The van der Waals surface area contributed by atoms with Gasteiger partial charge in [0.25, 0.3) is 0 Å². The molecule has 8 nitrogen and oxygen atoms in total. The van der Waals surface area contributed by atoms with Gasteiger partial charge in [0.15, 0.2) is 5.43 Å². The van der Waals surface area contributed by atoms with E-state index in [2.05, 4.69) is 23.0 Å². The van der Waals surface area contributed by atoms with Gasteiger partial charge in [-0.1, -0.05) is 19.4 Å². The van der Waals surface area contributed by atoms with Crippen molar-refractivity contribution in [1.82, 2.24) is 14.5 Å². The molecule has 0 amide bonds. The molecule has 36 heavy (non-hydrogen) atoms. The Morgan fingerprint density at radius 1 is 1.17 bits per heavy atom. The normalized spacial score (nSPS) is 11.8. The van der Waals surface area contributed by atoms with Crippen molar-refractivity contribution in [3.8, 4) is 22.9 Å². The lowest BCUT2D eigenvalue weighted by atomic mass is 10.0. The number of benzene rings is 2. The van der Waals surface area contributed by atoms with Crippen LogP contribution < -0.4 is 10.2 Å². The maximum Gasteiger partial charge on any atom is 0.333 e. The Hall–Kier alpha value is -4.23. The molecule has 0 bridgehead atoms. The van der Waals surface area contributed by atoms with Gasteiger partial charge in [0.1, 0.15) is 16.3 Å². The zero-order valence-corrected chi connectivity index (χ0v) is 20.3. The van der Waals surface area contributed by atoms with Crippen LogP contribution in [0.15, 0.2) is 58.5 Å². The molecule has 0 saturated carbocycles. The van der Waals surface area contributed by atoms with Gasteiger partial charge in [-0.3, -0.25) is 9.78 Å². The van der Waals surface area contributed by atoms with Crippen molar-refractivity contribution in [2.75, 3.05) is 7.11 Å². The van der Waals surface area contributed by atoms with Gasteiger partial charge in [0.2, 0.25) is 0 Å². The largest absolute Gasteiger partial charge is 0.496 e. The number of H-pyrrole nitrogens is 1. The van der Waals surface area contributed by atoms with Crippen LogP contribution in [-0.2, 0) is 16.8 Å². The van der Waals surface area contributed by atoms with Crippen LogP contribution in [0.1, 0.15) is 25.3 Å². The maximum atomic E-state index is 13.7. The topological polar surface area (TPSA) is 118 Å². The molecule has 0 aliphatic heterocycles. The minimum Gasteiger partial charge on any atom is -0.496 e. The minimum atomic E-state index is -4.96. The summed E-state index contributed by atoms with van der Waals surface area (Å²) in [5.74, 6) is 0.322. The van der Waals surface area contributed by atoms with Crippen LogP contribution in [0.3, 0.4) is 0 Å². The standard InChI is InChI=1S/C26H21FN4O4S/c1-3-4-7-31-22-10-19(16-9-17(14-29-13-16)36(27,33)34)23(35-2)11-20(22)25(32)24-18-6-5-15(12-28)8-21(18)30-26(24)31/h5-6,8-11,13-14,30H,3-4,7H2,1-2H3. The summed E-state index contributed by atoms with van der Waals surface area (Å²) in [5, 5.41) is 11.0. The van der Waals surface area contributed by atoms with E-state index in [9.17, 15) is 22.4 Å². The highest BCUT2D eigenvalue weighted by atomic mass is 32.3. The van der Waals surface area contributed by atoms with Gasteiger partial charge < -0.3 is 14.3 Å². The Bertz CT molecular complexity index is 1880. The second-order valence-corrected chi connectivity index (χ2v) is 9.82. The summed E-state index contributed by atoms with van der Waals surface area (Å²) in [4.78, 5) is 20.4. The highest BCUT2D eigenvalue weighted by molar-refractivity contribution is 7.86. The third kappa shape index (κ3) is 3.78. The zero-order chi connectivity index (χ0) is 25.6. The van der Waals surface area contributed by atoms with E-state index in [1.165, 1.54) is 19.4 Å². The molecule has 0 atom stereocenters. The lowest BCUT2D eigenvalue weighted by molar-refractivity contribution is 0.417. The first kappa shape index (κ1) is 23.5. The van der Waals surface area contributed by atoms with Gasteiger partial charge in [0.05, 0.1) is 35.0 Å². The van der Waals surface area contributed by atoms with Crippen molar-refractivity contribution >= 4 is 43.1 Å². The number of aromatic amines is 1. The van der Waals surface area contributed by atoms with E-state index in [0.717, 1.165) is 19.0 Å². The first-order valence-electron chi connectivity index (χ1n) is 11.3. The molecule has 3 aromatic heterocycles. The average molecular weight is 505 g/mol. The second kappa shape index (κ2) is 8.77. The van der Waals surface area contributed by atoms with Gasteiger partial charge in [-0.2, -0.15) is 13.7 Å². The fourth-order valence-corrected chi connectivity index (χ4v) is 5.01. The molecule has 182 valence electrons. The van der Waals surface area contributed by atoms with Crippen LogP contribution in [0.2, 0.25) is 0 Å². The van der Waals surface area contributed by atoms with Crippen molar-refractivity contribution in [3.63, 3.8) is 0 Å². The molecule has 0 radical (unpaired) electrons. The summed E-state index contributed by atoms with van der Waals surface area (Å²) in [6, 6.07) is 11.8. The van der Waals surface area contributed by atoms with Crippen LogP contribution in [0.5, 0.6) is 5.75 Å². The fourth-order valence-electron chi connectivity index (χ4n) is 4.56. The number of ether oxygens (including phenoxy) is 1. The molecule has 0 aliphatic rings. The van der Waals surface area contributed by atoms with E-state index < -0.39 is 15.1 Å². The van der Waals surface area contributed by atoms with Crippen molar-refractivity contribution in [3.05, 3.63) is 64.6 Å². The zero-order valence-electron chi connectivity index (χ0n) is 19.5. The Kier molecular flexibility index (Phi) is 5.73. The van der Waals surface area contributed by atoms with Crippen LogP contribution in [-0.4, -0.2) is 30.1 Å². The molecule has 1 N–H and O–H groups in total. The fraction of sp³-hybridized carbons (Fsp3) is 0.192. The number of aryl methyl sites for hydroxylation is 1. The number of rotatable bonds is 6. The Labute approximate surface area is 205 Å². The second-order valence-electron chi connectivity index (χ2n) is 8.47. The molecule has 5 aromatic rings. The number of nitrogens with one attached hydrogen (secondary N) is 1. The minimum absolute atomic E-state index is 0.202. The van der Waals surface area contributed by atoms with E-state index in [1.807, 2.05) is 4.57 Å². The summed E-state index contributed by atoms with van der Waals surface area (Å²) in [7, 11) is -3.52. The number of aromatic nitrogens is 3. The van der Waals surface area contributed by atoms with Gasteiger partial charge in [-0.05, 0) is 36.8 Å². The van der Waals surface area contributed by atoms with Crippen LogP contribution in [0, 0.1) is 11.3 Å². The summed E-state index contributed by atoms with van der Waals surface area (Å²) < 4.78 is 44.2. The molecule has 0 saturated heterocycles. The lowest BCUT2D eigenvalue weighted by Gasteiger charge is -2.16. The molecule has 10 heteroatoms. The van der Waals surface area contributed by atoms with Crippen LogP contribution >= 0.6 is 0 Å². The molecular formula is C26H21FN4O4S. The highest BCUT2D eigenvalue weighted by Crippen LogP contribution is 2.36. The predicted octanol–water partition coefficient (Wildman–Crippen LogP) is 5.04. The number of nitrogens with zero attached hydrogens (tertiary/aromatic N) is 3. The third-order valence-electron chi connectivity index (χ3n) is 6.30. The number of hydrogen-bond donors (Lipinski definition) is 1. The van der Waals surface area contributed by atoms with Crippen LogP contribution in [0.4, 0.5) is 3.89 Å². The van der Waals surface area contributed by atoms with Gasteiger partial charge in [-0.25, -0.2) is 0 Å². The van der Waals surface area contributed by atoms with Gasteiger partial charge in [-0.15, -0.1) is 3.89 Å². The number of halogens is 1. The molecule has 0 unspecified atom stereocenters. The Balaban J connectivity index is 1.90. The van der Waals surface area contributed by atoms with Gasteiger partial charge in [0, 0.05) is 41.0 Å². The highest BCUT2D eigenvalue weighted by Gasteiger charge is 2.20. The summed E-state index contributed by atoms with van der Waals surface area (Å²) in [5.41, 5.74) is 2.99. The molecule has 0 aliphatic carbocycles. The first-order chi connectivity index (χ1) is 17.3. The summed E-state index contributed by atoms with van der Waals surface area (Å²) in [6.45, 7) is 2.67. The SMILES string of the molecule is CCCCn1c2cc(-c3cncc(S(=O)(=O)F)c3)c(OC)cc2c(=O)c2c3ccc(C#N)cc3[nH]c21. The molecule has 5 rings (SSSR count). The van der Waals surface area contributed by atoms with Crippen molar-refractivity contribution in [1.29, 1.82) is 5.26 Å². The first-order valence-corrected chi connectivity index (χ1v) is 12.6. The summed E-state index contributed by atoms with van der Waals surface area (Å²) >= 11 is 0. The quantitative estimate of drug-likeness (QED) is 0.324. The van der Waals surface area contributed by atoms with Crippen molar-refractivity contribution < 1.29 is 17.0 Å². The smallest absolute Gasteiger partial charge is 0.333 e. The number of pyridine rings is 2. The van der Waals surface area contributed by atoms with E-state index in [-0.39, 0.29) is 5.43 Å². The van der Waals surface area contributed by atoms with Crippen molar-refractivity contribution in [2.45, 2.75) is 31.2 Å². The van der Waals surface area contributed by atoms with E-state index >= 15 is 0 Å². The third-order valence-corrected chi connectivity index (χ3v) is 7.09. The van der Waals surface area contributed by atoms with E-state index in [0.29, 0.717) is 61.8 Å². The molecule has 2 aromatic carbocycles. The van der Waals surface area contributed by atoms with E-state index in [4.69, 9.17) is 4.74 Å². The number of fused-ring (bicyclic) bond motifs is 4. The molecule has 3 heterocycles. The molecular weight excluding hydrogens is 483 g/mol. The van der Waals surface area contributed by atoms with Gasteiger partial charge >= 0.3 is 10.2 Å². The number of unbranched alkanes of at least 4 members (excludes halogenated alkanes) is 1.